The van der Waals surface area contributed by atoms with Crippen LogP contribution in [0.2, 0.25) is 0 Å². The first-order chi connectivity index (χ1) is 21.1. The van der Waals surface area contributed by atoms with Gasteiger partial charge in [-0.3, -0.25) is 9.59 Å². The van der Waals surface area contributed by atoms with Crippen LogP contribution in [0.3, 0.4) is 0 Å². The van der Waals surface area contributed by atoms with Gasteiger partial charge in [0.1, 0.15) is 11.3 Å². The number of amides is 2. The predicted molar refractivity (Wildman–Crippen MR) is 163 cm³/mol. The van der Waals surface area contributed by atoms with Crippen molar-refractivity contribution in [2.45, 2.75) is 50.0 Å². The number of rotatable bonds is 10. The zero-order valence-corrected chi connectivity index (χ0v) is 25.9. The third-order valence-electron chi connectivity index (χ3n) is 7.86. The number of likely N-dealkylation sites (N-methyl/N-ethyl adjacent to an activating group) is 1. The number of nitrogens with zero attached hydrogens (tertiary/aromatic N) is 3. The van der Waals surface area contributed by atoms with Gasteiger partial charge >= 0.3 is 11.9 Å². The minimum absolute atomic E-state index is 0.0209. The highest BCUT2D eigenvalue weighted by Gasteiger charge is 2.38. The van der Waals surface area contributed by atoms with Gasteiger partial charge in [-0.15, -0.1) is 0 Å². The molecule has 0 radical (unpaired) electrons. The van der Waals surface area contributed by atoms with E-state index in [0.29, 0.717) is 25.3 Å². The molecule has 3 aromatic carbocycles. The minimum Gasteiger partial charge on any atom is -0.507 e. The van der Waals surface area contributed by atoms with E-state index in [9.17, 15) is 41.8 Å². The highest BCUT2D eigenvalue weighted by atomic mass is 32.2. The van der Waals surface area contributed by atoms with Gasteiger partial charge < -0.3 is 20.0 Å². The van der Waals surface area contributed by atoms with Crippen molar-refractivity contribution in [3.05, 3.63) is 89.0 Å². The smallest absolute Gasteiger partial charge is 0.339 e. The molecule has 0 aliphatic carbocycles. The van der Waals surface area contributed by atoms with E-state index in [-0.39, 0.29) is 41.7 Å². The van der Waals surface area contributed by atoms with Crippen molar-refractivity contribution in [3.8, 4) is 5.75 Å². The Labute approximate surface area is 260 Å². The number of carboxylic acids is 1. The molecule has 0 spiro atoms. The molecule has 1 fully saturated rings. The highest BCUT2D eigenvalue weighted by molar-refractivity contribution is 7.89. The largest absolute Gasteiger partial charge is 0.507 e. The normalized spacial score (nSPS) is 14.4. The molecular formula is C32H35F2N3O7S. The average molecular weight is 644 g/mol. The number of halogens is 2. The van der Waals surface area contributed by atoms with Crippen LogP contribution in [0.4, 0.5) is 14.5 Å². The van der Waals surface area contributed by atoms with Gasteiger partial charge in [0.2, 0.25) is 15.9 Å². The standard InChI is InChI=1S/C32H35F2N3O7S/c1-21-4-11-26(12-5-21)45(43,44)35(3)20-29(39)37(25-10-13-27(30(40)41)28(38)18-25)19-22-6-8-23(9-7-22)24-14-16-36(17-15-24)31(42)32(2,33)34/h4-13,18,24,38H,14-17,19-20H2,1-3H3,(H,40,41). The van der Waals surface area contributed by atoms with Gasteiger partial charge in [0.25, 0.3) is 5.91 Å². The second-order valence-corrected chi connectivity index (χ2v) is 13.3. The van der Waals surface area contributed by atoms with Crippen LogP contribution in [0, 0.1) is 6.92 Å². The lowest BCUT2D eigenvalue weighted by atomic mass is 9.89. The van der Waals surface area contributed by atoms with Crippen LogP contribution in [0.1, 0.15) is 52.7 Å². The van der Waals surface area contributed by atoms with Crippen LogP contribution in [0.5, 0.6) is 5.75 Å². The van der Waals surface area contributed by atoms with Crippen molar-refractivity contribution in [1.29, 1.82) is 0 Å². The van der Waals surface area contributed by atoms with Crippen LogP contribution in [-0.4, -0.2) is 78.2 Å². The van der Waals surface area contributed by atoms with Crippen molar-refractivity contribution >= 4 is 33.5 Å². The van der Waals surface area contributed by atoms with E-state index in [1.54, 1.807) is 24.3 Å². The van der Waals surface area contributed by atoms with Crippen LogP contribution in [0.25, 0.3) is 0 Å². The van der Waals surface area contributed by atoms with Crippen LogP contribution < -0.4 is 4.90 Å². The van der Waals surface area contributed by atoms with Crippen LogP contribution in [0.15, 0.2) is 71.6 Å². The van der Waals surface area contributed by atoms with Crippen LogP contribution >= 0.6 is 0 Å². The summed E-state index contributed by atoms with van der Waals surface area (Å²) < 4.78 is 54.1. The first kappa shape index (κ1) is 33.5. The Bertz CT molecular complexity index is 1670. The summed E-state index contributed by atoms with van der Waals surface area (Å²) in [4.78, 5) is 39.4. The van der Waals surface area contributed by atoms with Gasteiger partial charge in [0, 0.05) is 38.8 Å². The van der Waals surface area contributed by atoms with E-state index in [4.69, 9.17) is 0 Å². The molecule has 0 saturated carbocycles. The molecule has 0 atom stereocenters. The first-order valence-electron chi connectivity index (χ1n) is 14.2. The third kappa shape index (κ3) is 7.84. The summed E-state index contributed by atoms with van der Waals surface area (Å²) in [6.07, 6.45) is 1.03. The number of carbonyl (C=O) groups is 3. The summed E-state index contributed by atoms with van der Waals surface area (Å²) in [5, 5.41) is 19.6. The summed E-state index contributed by atoms with van der Waals surface area (Å²) in [7, 11) is -2.73. The Hall–Kier alpha value is -4.36. The molecule has 10 nitrogen and oxygen atoms in total. The summed E-state index contributed by atoms with van der Waals surface area (Å²) in [5.41, 5.74) is 2.29. The quantitative estimate of drug-likeness (QED) is 0.329. The minimum atomic E-state index is -4.01. The lowest BCUT2D eigenvalue weighted by Gasteiger charge is -2.33. The number of aryl methyl sites for hydroxylation is 1. The lowest BCUT2D eigenvalue weighted by Crippen LogP contribution is -2.45. The molecule has 1 heterocycles. The molecular weight excluding hydrogens is 608 g/mol. The van der Waals surface area contributed by atoms with Crippen molar-refractivity contribution in [2.24, 2.45) is 0 Å². The van der Waals surface area contributed by atoms with Gasteiger partial charge in [-0.2, -0.15) is 13.1 Å². The Kier molecular flexibility index (Phi) is 9.93. The zero-order chi connectivity index (χ0) is 33.1. The molecule has 13 heteroatoms. The molecule has 4 rings (SSSR count). The fourth-order valence-electron chi connectivity index (χ4n) is 5.21. The number of sulfonamides is 1. The topological polar surface area (TPSA) is 136 Å². The summed E-state index contributed by atoms with van der Waals surface area (Å²) in [5.74, 6) is -7.07. The van der Waals surface area contributed by atoms with Crippen molar-refractivity contribution in [2.75, 3.05) is 31.6 Å². The fourth-order valence-corrected chi connectivity index (χ4v) is 6.33. The molecule has 240 valence electrons. The number of aromatic hydroxyl groups is 1. The van der Waals surface area contributed by atoms with E-state index in [2.05, 4.69) is 0 Å². The van der Waals surface area contributed by atoms with E-state index < -0.39 is 46.0 Å². The summed E-state index contributed by atoms with van der Waals surface area (Å²) in [6.45, 7) is 2.28. The van der Waals surface area contributed by atoms with Gasteiger partial charge in [0.05, 0.1) is 18.0 Å². The number of carbonyl (C=O) groups excluding carboxylic acids is 2. The van der Waals surface area contributed by atoms with E-state index >= 15 is 0 Å². The molecule has 45 heavy (non-hydrogen) atoms. The molecule has 0 aromatic heterocycles. The van der Waals surface area contributed by atoms with Gasteiger partial charge in [0.15, 0.2) is 0 Å². The van der Waals surface area contributed by atoms with Gasteiger partial charge in [-0.05, 0) is 61.1 Å². The number of hydrogen-bond acceptors (Lipinski definition) is 6. The summed E-state index contributed by atoms with van der Waals surface area (Å²) in [6, 6.07) is 17.1. The van der Waals surface area contributed by atoms with E-state index in [0.717, 1.165) is 27.6 Å². The number of piperidine rings is 1. The number of anilines is 1. The van der Waals surface area contributed by atoms with Crippen molar-refractivity contribution in [3.63, 3.8) is 0 Å². The molecule has 2 amide bonds. The second-order valence-electron chi connectivity index (χ2n) is 11.3. The van der Waals surface area contributed by atoms with Gasteiger partial charge in [-0.25, -0.2) is 13.2 Å². The zero-order valence-electron chi connectivity index (χ0n) is 25.1. The second kappa shape index (κ2) is 13.3. The molecule has 0 bridgehead atoms. The monoisotopic (exact) mass is 643 g/mol. The lowest BCUT2D eigenvalue weighted by molar-refractivity contribution is -0.156. The number of phenols is 1. The average Bonchev–Trinajstić information content (AvgIpc) is 2.99. The number of hydrogen-bond donors (Lipinski definition) is 2. The maximum absolute atomic E-state index is 13.6. The molecule has 1 saturated heterocycles. The Morgan fingerprint density at radius 3 is 2.11 bits per heavy atom. The molecule has 3 aromatic rings. The molecule has 1 aliphatic heterocycles. The maximum Gasteiger partial charge on any atom is 0.339 e. The Morgan fingerprint density at radius 1 is 0.978 bits per heavy atom. The van der Waals surface area contributed by atoms with Crippen molar-refractivity contribution < 1.29 is 41.8 Å². The Morgan fingerprint density at radius 2 is 1.58 bits per heavy atom. The predicted octanol–water partition coefficient (Wildman–Crippen LogP) is 4.61. The number of carboxylic acid groups (broad SMARTS) is 1. The van der Waals surface area contributed by atoms with Crippen molar-refractivity contribution in [1.82, 2.24) is 9.21 Å². The SMILES string of the molecule is Cc1ccc(S(=O)(=O)N(C)CC(=O)N(Cc2ccc(C3CCN(C(=O)C(C)(F)F)CC3)cc2)c2ccc(C(=O)O)c(O)c2)cc1. The number of aromatic carboxylic acids is 1. The fraction of sp³-hybridized carbons (Fsp3) is 0.344. The third-order valence-corrected chi connectivity index (χ3v) is 9.68. The summed E-state index contributed by atoms with van der Waals surface area (Å²) >= 11 is 0. The Balaban J connectivity index is 1.54. The highest BCUT2D eigenvalue weighted by Crippen LogP contribution is 2.31. The molecule has 1 aliphatic rings. The number of likely N-dealkylation sites (tertiary alicyclic amines) is 1. The number of benzene rings is 3. The molecule has 0 unspecified atom stereocenters. The maximum atomic E-state index is 13.6. The van der Waals surface area contributed by atoms with E-state index in [1.807, 2.05) is 19.1 Å². The van der Waals surface area contributed by atoms with E-state index in [1.165, 1.54) is 35.0 Å². The number of alkyl halides is 2. The van der Waals surface area contributed by atoms with Gasteiger partial charge in [-0.1, -0.05) is 42.0 Å². The molecule has 2 N–H and O–H groups in total. The first-order valence-corrected chi connectivity index (χ1v) is 15.7. The van der Waals surface area contributed by atoms with Crippen LogP contribution in [-0.2, 0) is 26.2 Å².